The SMILES string of the molecule is COc1cc(C2(N=C=O)CCC2)c(OC)cc1O. The zero-order chi connectivity index (χ0) is 13.2. The molecule has 0 bridgehead atoms. The maximum Gasteiger partial charge on any atom is 0.235 e. The molecule has 0 atom stereocenters. The Hall–Kier alpha value is -2.00. The third kappa shape index (κ3) is 1.83. The van der Waals surface area contributed by atoms with Gasteiger partial charge in [0, 0.05) is 11.6 Å². The fourth-order valence-electron chi connectivity index (χ4n) is 2.29. The van der Waals surface area contributed by atoms with E-state index in [1.54, 1.807) is 12.1 Å². The lowest BCUT2D eigenvalue weighted by molar-refractivity contribution is 0.244. The zero-order valence-electron chi connectivity index (χ0n) is 10.4. The number of benzene rings is 1. The first kappa shape index (κ1) is 12.5. The summed E-state index contributed by atoms with van der Waals surface area (Å²) in [5, 5.41) is 9.72. The average molecular weight is 249 g/mol. The fraction of sp³-hybridized carbons (Fsp3) is 0.462. The van der Waals surface area contributed by atoms with Gasteiger partial charge in [0.1, 0.15) is 11.3 Å². The van der Waals surface area contributed by atoms with E-state index in [1.807, 2.05) is 0 Å². The van der Waals surface area contributed by atoms with Gasteiger partial charge in [0.25, 0.3) is 0 Å². The van der Waals surface area contributed by atoms with Gasteiger partial charge in [-0.1, -0.05) is 0 Å². The lowest BCUT2D eigenvalue weighted by Gasteiger charge is -2.38. The van der Waals surface area contributed by atoms with Crippen LogP contribution in [0.5, 0.6) is 17.2 Å². The first-order chi connectivity index (χ1) is 8.66. The maximum absolute atomic E-state index is 10.6. The highest BCUT2D eigenvalue weighted by atomic mass is 16.5. The molecular formula is C13H15NO4. The van der Waals surface area contributed by atoms with E-state index in [9.17, 15) is 9.90 Å². The van der Waals surface area contributed by atoms with Crippen molar-refractivity contribution >= 4 is 6.08 Å². The van der Waals surface area contributed by atoms with Crippen molar-refractivity contribution in [3.8, 4) is 17.2 Å². The van der Waals surface area contributed by atoms with Crippen LogP contribution in [0.3, 0.4) is 0 Å². The molecule has 5 heteroatoms. The minimum absolute atomic E-state index is 0.00246. The monoisotopic (exact) mass is 249 g/mol. The molecule has 0 amide bonds. The highest BCUT2D eigenvalue weighted by Crippen LogP contribution is 2.50. The van der Waals surface area contributed by atoms with E-state index in [-0.39, 0.29) is 5.75 Å². The van der Waals surface area contributed by atoms with Crippen LogP contribution < -0.4 is 9.47 Å². The van der Waals surface area contributed by atoms with Crippen molar-refractivity contribution in [3.63, 3.8) is 0 Å². The van der Waals surface area contributed by atoms with E-state index >= 15 is 0 Å². The van der Waals surface area contributed by atoms with Crippen molar-refractivity contribution in [2.24, 2.45) is 4.99 Å². The highest BCUT2D eigenvalue weighted by Gasteiger charge is 2.41. The van der Waals surface area contributed by atoms with E-state index < -0.39 is 5.54 Å². The van der Waals surface area contributed by atoms with Gasteiger partial charge in [-0.3, -0.25) is 0 Å². The van der Waals surface area contributed by atoms with E-state index in [2.05, 4.69) is 4.99 Å². The molecule has 0 heterocycles. The summed E-state index contributed by atoms with van der Waals surface area (Å²) in [6.07, 6.45) is 4.17. The van der Waals surface area contributed by atoms with Crippen molar-refractivity contribution in [2.45, 2.75) is 24.8 Å². The largest absolute Gasteiger partial charge is 0.504 e. The minimum Gasteiger partial charge on any atom is -0.504 e. The Morgan fingerprint density at radius 3 is 2.39 bits per heavy atom. The molecular weight excluding hydrogens is 234 g/mol. The van der Waals surface area contributed by atoms with Crippen molar-refractivity contribution in [1.82, 2.24) is 0 Å². The predicted molar refractivity (Wildman–Crippen MR) is 64.9 cm³/mol. The summed E-state index contributed by atoms with van der Waals surface area (Å²) >= 11 is 0. The van der Waals surface area contributed by atoms with Gasteiger partial charge in [0.15, 0.2) is 11.5 Å². The summed E-state index contributed by atoms with van der Waals surface area (Å²) in [5.41, 5.74) is 0.183. The van der Waals surface area contributed by atoms with Crippen LogP contribution in [0.2, 0.25) is 0 Å². The molecule has 0 saturated heterocycles. The fourth-order valence-corrected chi connectivity index (χ4v) is 2.29. The van der Waals surface area contributed by atoms with E-state index in [1.165, 1.54) is 20.3 Å². The predicted octanol–water partition coefficient (Wildman–Crippen LogP) is 2.12. The van der Waals surface area contributed by atoms with Gasteiger partial charge in [-0.05, 0) is 25.3 Å². The topological polar surface area (TPSA) is 68.1 Å². The van der Waals surface area contributed by atoms with Crippen LogP contribution in [0.1, 0.15) is 24.8 Å². The summed E-state index contributed by atoms with van der Waals surface area (Å²) in [6.45, 7) is 0. The number of hydrogen-bond acceptors (Lipinski definition) is 5. The third-order valence-corrected chi connectivity index (χ3v) is 3.44. The Morgan fingerprint density at radius 1 is 1.28 bits per heavy atom. The molecule has 2 rings (SSSR count). The Labute approximate surface area is 105 Å². The molecule has 1 N–H and O–H groups in total. The van der Waals surface area contributed by atoms with Crippen molar-refractivity contribution in [3.05, 3.63) is 17.7 Å². The number of phenols is 1. The second-order valence-electron chi connectivity index (χ2n) is 4.31. The number of aliphatic imine (C=N–C) groups is 1. The van der Waals surface area contributed by atoms with Crippen LogP contribution in [0.4, 0.5) is 0 Å². The van der Waals surface area contributed by atoms with Crippen molar-refractivity contribution in [1.29, 1.82) is 0 Å². The van der Waals surface area contributed by atoms with Crippen molar-refractivity contribution in [2.75, 3.05) is 14.2 Å². The smallest absolute Gasteiger partial charge is 0.235 e. The summed E-state index contributed by atoms with van der Waals surface area (Å²) in [6, 6.07) is 3.16. The molecule has 1 saturated carbocycles. The summed E-state index contributed by atoms with van der Waals surface area (Å²) in [5.74, 6) is 0.854. The van der Waals surface area contributed by atoms with E-state index in [0.717, 1.165) is 24.8 Å². The average Bonchev–Trinajstić information content (AvgIpc) is 2.33. The van der Waals surface area contributed by atoms with Crippen LogP contribution in [0.15, 0.2) is 17.1 Å². The van der Waals surface area contributed by atoms with Crippen LogP contribution in [0, 0.1) is 0 Å². The van der Waals surface area contributed by atoms with Crippen molar-refractivity contribution < 1.29 is 19.4 Å². The molecule has 0 spiro atoms. The van der Waals surface area contributed by atoms with Gasteiger partial charge in [-0.2, -0.15) is 4.99 Å². The summed E-state index contributed by atoms with van der Waals surface area (Å²) < 4.78 is 10.3. The van der Waals surface area contributed by atoms with Crippen LogP contribution >= 0.6 is 0 Å². The number of phenolic OH excluding ortho intramolecular Hbond substituents is 1. The van der Waals surface area contributed by atoms with Gasteiger partial charge in [0.05, 0.1) is 14.2 Å². The quantitative estimate of drug-likeness (QED) is 0.655. The Morgan fingerprint density at radius 2 is 1.94 bits per heavy atom. The van der Waals surface area contributed by atoms with E-state index in [0.29, 0.717) is 11.5 Å². The zero-order valence-corrected chi connectivity index (χ0v) is 10.4. The number of isocyanates is 1. The second-order valence-corrected chi connectivity index (χ2v) is 4.31. The summed E-state index contributed by atoms with van der Waals surface area (Å²) in [7, 11) is 2.99. The Bertz CT molecular complexity index is 502. The Balaban J connectivity index is 2.57. The third-order valence-electron chi connectivity index (χ3n) is 3.44. The lowest BCUT2D eigenvalue weighted by Crippen LogP contribution is -2.32. The number of nitrogens with zero attached hydrogens (tertiary/aromatic N) is 1. The van der Waals surface area contributed by atoms with Crippen LogP contribution in [-0.4, -0.2) is 25.4 Å². The molecule has 96 valence electrons. The van der Waals surface area contributed by atoms with Gasteiger partial charge in [-0.25, -0.2) is 4.79 Å². The van der Waals surface area contributed by atoms with Crippen LogP contribution in [0.25, 0.3) is 0 Å². The number of methoxy groups -OCH3 is 2. The molecule has 0 aromatic heterocycles. The van der Waals surface area contributed by atoms with Gasteiger partial charge < -0.3 is 14.6 Å². The molecule has 0 unspecified atom stereocenters. The number of aromatic hydroxyl groups is 1. The molecule has 1 fully saturated rings. The number of ether oxygens (including phenoxy) is 2. The number of rotatable bonds is 4. The molecule has 1 aromatic rings. The van der Waals surface area contributed by atoms with Gasteiger partial charge in [-0.15, -0.1) is 0 Å². The highest BCUT2D eigenvalue weighted by molar-refractivity contribution is 5.54. The first-order valence-corrected chi connectivity index (χ1v) is 5.71. The molecule has 5 nitrogen and oxygen atoms in total. The molecule has 1 aromatic carbocycles. The van der Waals surface area contributed by atoms with Gasteiger partial charge >= 0.3 is 0 Å². The molecule has 0 aliphatic heterocycles. The molecule has 1 aliphatic rings. The molecule has 0 radical (unpaired) electrons. The standard InChI is InChI=1S/C13H15NO4/c1-17-11-7-10(16)12(18-2)6-9(11)13(14-8-15)4-3-5-13/h6-7,16H,3-5H2,1-2H3. The molecule has 1 aliphatic carbocycles. The molecule has 18 heavy (non-hydrogen) atoms. The summed E-state index contributed by atoms with van der Waals surface area (Å²) in [4.78, 5) is 14.5. The normalized spacial score (nSPS) is 16.3. The Kier molecular flexibility index (Phi) is 3.26. The second kappa shape index (κ2) is 4.70. The maximum atomic E-state index is 10.6. The number of hydrogen-bond donors (Lipinski definition) is 1. The first-order valence-electron chi connectivity index (χ1n) is 5.71. The minimum atomic E-state index is -0.575. The van der Waals surface area contributed by atoms with Gasteiger partial charge in [0.2, 0.25) is 6.08 Å². The van der Waals surface area contributed by atoms with E-state index in [4.69, 9.17) is 9.47 Å². The van der Waals surface area contributed by atoms with Crippen LogP contribution in [-0.2, 0) is 10.3 Å². The lowest BCUT2D eigenvalue weighted by atomic mass is 9.72. The number of carbonyl (C=O) groups excluding carboxylic acids is 1.